The lowest BCUT2D eigenvalue weighted by molar-refractivity contribution is -0.121. The Morgan fingerprint density at radius 2 is 1.87 bits per heavy atom. The fourth-order valence-corrected chi connectivity index (χ4v) is 2.80. The van der Waals surface area contributed by atoms with Crippen molar-refractivity contribution in [3.8, 4) is 0 Å². The predicted octanol–water partition coefficient (Wildman–Crippen LogP) is 1.42. The van der Waals surface area contributed by atoms with E-state index >= 15 is 0 Å². The van der Waals surface area contributed by atoms with Crippen LogP contribution in [-0.4, -0.2) is 51.3 Å². The third-order valence-electron chi connectivity index (χ3n) is 4.40. The van der Waals surface area contributed by atoms with Crippen LogP contribution in [0.4, 0.5) is 0 Å². The lowest BCUT2D eigenvalue weighted by atomic mass is 10.2. The number of hydrogen-bond acceptors (Lipinski definition) is 3. The van der Waals surface area contributed by atoms with Gasteiger partial charge in [0.15, 0.2) is 5.96 Å². The number of guanidine groups is 1. The number of carbonyl (C=O) groups is 1. The monoisotopic (exact) mass is 324 g/mol. The molecule has 0 radical (unpaired) electrons. The van der Waals surface area contributed by atoms with E-state index < -0.39 is 0 Å². The van der Waals surface area contributed by atoms with Gasteiger partial charge in [-0.3, -0.25) is 9.79 Å². The second-order valence-corrected chi connectivity index (χ2v) is 6.60. The van der Waals surface area contributed by atoms with Gasteiger partial charge in [0.2, 0.25) is 5.91 Å². The van der Waals surface area contributed by atoms with Crippen LogP contribution in [0.2, 0.25) is 0 Å². The smallest absolute Gasteiger partial charge is 0.221 e. The molecule has 0 aliphatic heterocycles. The summed E-state index contributed by atoms with van der Waals surface area (Å²) in [5.74, 6) is 1.71. The van der Waals surface area contributed by atoms with Gasteiger partial charge < -0.3 is 20.7 Å². The molecular formula is C17H32N4O2. The number of aliphatic imine (C=N–C) groups is 1. The number of nitrogens with one attached hydrogen (secondary N) is 3. The molecule has 0 aromatic heterocycles. The van der Waals surface area contributed by atoms with Crippen LogP contribution >= 0.6 is 0 Å². The number of rotatable bonds is 10. The van der Waals surface area contributed by atoms with Crippen LogP contribution < -0.4 is 16.0 Å². The van der Waals surface area contributed by atoms with Crippen molar-refractivity contribution in [2.24, 2.45) is 10.9 Å². The van der Waals surface area contributed by atoms with Gasteiger partial charge in [0.1, 0.15) is 0 Å². The third kappa shape index (κ3) is 8.21. The molecule has 2 saturated carbocycles. The third-order valence-corrected chi connectivity index (χ3v) is 4.40. The highest BCUT2D eigenvalue weighted by atomic mass is 16.5. The zero-order chi connectivity index (χ0) is 16.3. The van der Waals surface area contributed by atoms with E-state index in [1.807, 2.05) is 0 Å². The molecule has 23 heavy (non-hydrogen) atoms. The molecule has 0 bridgehead atoms. The second-order valence-electron chi connectivity index (χ2n) is 6.60. The highest BCUT2D eigenvalue weighted by Crippen LogP contribution is 2.28. The average molecular weight is 324 g/mol. The van der Waals surface area contributed by atoms with Crippen LogP contribution in [0.1, 0.15) is 51.4 Å². The van der Waals surface area contributed by atoms with Crippen molar-refractivity contribution in [2.75, 3.05) is 33.4 Å². The molecule has 0 atom stereocenters. The van der Waals surface area contributed by atoms with Crippen LogP contribution in [-0.2, 0) is 9.53 Å². The van der Waals surface area contributed by atoms with Gasteiger partial charge in [-0.05, 0) is 38.0 Å². The Labute approximate surface area is 139 Å². The van der Waals surface area contributed by atoms with Gasteiger partial charge in [0, 0.05) is 45.8 Å². The maximum Gasteiger partial charge on any atom is 0.221 e. The quantitative estimate of drug-likeness (QED) is 0.323. The first kappa shape index (κ1) is 18.0. The summed E-state index contributed by atoms with van der Waals surface area (Å²) in [6, 6.07) is 0.399. The van der Waals surface area contributed by atoms with E-state index in [-0.39, 0.29) is 5.91 Å². The normalized spacial score (nSPS) is 18.9. The summed E-state index contributed by atoms with van der Waals surface area (Å²) < 4.78 is 5.60. The zero-order valence-corrected chi connectivity index (χ0v) is 14.4. The second kappa shape index (κ2) is 10.5. The minimum atomic E-state index is 0.133. The summed E-state index contributed by atoms with van der Waals surface area (Å²) in [6.07, 6.45) is 8.87. The topological polar surface area (TPSA) is 74.8 Å². The molecule has 0 saturated heterocycles. The minimum Gasteiger partial charge on any atom is -0.381 e. The predicted molar refractivity (Wildman–Crippen MR) is 92.5 cm³/mol. The van der Waals surface area contributed by atoms with Crippen molar-refractivity contribution in [2.45, 2.75) is 57.4 Å². The molecule has 3 N–H and O–H groups in total. The Kier molecular flexibility index (Phi) is 8.21. The van der Waals surface area contributed by atoms with Gasteiger partial charge in [0.25, 0.3) is 0 Å². The lowest BCUT2D eigenvalue weighted by Crippen LogP contribution is -2.40. The molecule has 0 spiro atoms. The van der Waals surface area contributed by atoms with Gasteiger partial charge in [0.05, 0.1) is 0 Å². The van der Waals surface area contributed by atoms with Crippen LogP contribution in [0.15, 0.2) is 4.99 Å². The maximum absolute atomic E-state index is 11.8. The number of hydrogen-bond donors (Lipinski definition) is 3. The Morgan fingerprint density at radius 3 is 2.57 bits per heavy atom. The number of ether oxygens (including phenoxy) is 1. The molecular weight excluding hydrogens is 292 g/mol. The standard InChI is InChI=1S/C17H32N4O2/c1-18-17(19-10-4-12-23-13-14-7-8-14)20-11-9-16(22)21-15-5-2-3-6-15/h14-15H,2-13H2,1H3,(H,21,22)(H2,18,19,20). The first-order valence-corrected chi connectivity index (χ1v) is 9.09. The lowest BCUT2D eigenvalue weighted by Gasteiger charge is -2.14. The molecule has 2 aliphatic carbocycles. The van der Waals surface area contributed by atoms with E-state index in [0.717, 1.165) is 50.9 Å². The summed E-state index contributed by atoms with van der Waals surface area (Å²) >= 11 is 0. The highest BCUT2D eigenvalue weighted by Gasteiger charge is 2.20. The molecule has 0 aromatic rings. The molecule has 1 amide bonds. The fraction of sp³-hybridized carbons (Fsp3) is 0.882. The number of amides is 1. The number of carbonyl (C=O) groups excluding carboxylic acids is 1. The van der Waals surface area contributed by atoms with E-state index in [9.17, 15) is 4.79 Å². The Morgan fingerprint density at radius 1 is 1.13 bits per heavy atom. The van der Waals surface area contributed by atoms with Gasteiger partial charge in [-0.1, -0.05) is 12.8 Å². The zero-order valence-electron chi connectivity index (χ0n) is 14.4. The van der Waals surface area contributed by atoms with Gasteiger partial charge in [-0.15, -0.1) is 0 Å². The van der Waals surface area contributed by atoms with Crippen LogP contribution in [0.3, 0.4) is 0 Å². The van der Waals surface area contributed by atoms with Crippen LogP contribution in [0.25, 0.3) is 0 Å². The van der Waals surface area contributed by atoms with Crippen molar-refractivity contribution >= 4 is 11.9 Å². The molecule has 6 heteroatoms. The molecule has 0 aromatic carbocycles. The summed E-state index contributed by atoms with van der Waals surface area (Å²) in [4.78, 5) is 16.0. The van der Waals surface area contributed by atoms with Crippen molar-refractivity contribution in [3.05, 3.63) is 0 Å². The Bertz CT molecular complexity index is 377. The minimum absolute atomic E-state index is 0.133. The molecule has 6 nitrogen and oxygen atoms in total. The molecule has 0 heterocycles. The number of nitrogens with zero attached hydrogens (tertiary/aromatic N) is 1. The highest BCUT2D eigenvalue weighted by molar-refractivity contribution is 5.81. The largest absolute Gasteiger partial charge is 0.381 e. The van der Waals surface area contributed by atoms with Gasteiger partial charge in [-0.2, -0.15) is 0 Å². The first-order chi connectivity index (χ1) is 11.3. The first-order valence-electron chi connectivity index (χ1n) is 9.09. The van der Waals surface area contributed by atoms with Gasteiger partial charge in [-0.25, -0.2) is 0 Å². The molecule has 2 aliphatic rings. The van der Waals surface area contributed by atoms with E-state index in [4.69, 9.17) is 4.74 Å². The summed E-state index contributed by atoms with van der Waals surface area (Å²) in [7, 11) is 1.75. The van der Waals surface area contributed by atoms with E-state index in [1.54, 1.807) is 7.05 Å². The van der Waals surface area contributed by atoms with Crippen molar-refractivity contribution in [1.29, 1.82) is 0 Å². The van der Waals surface area contributed by atoms with Gasteiger partial charge >= 0.3 is 0 Å². The summed E-state index contributed by atoms with van der Waals surface area (Å²) in [5.41, 5.74) is 0. The van der Waals surface area contributed by atoms with E-state index in [2.05, 4.69) is 20.9 Å². The molecule has 2 fully saturated rings. The maximum atomic E-state index is 11.8. The SMILES string of the molecule is CN=C(NCCCOCC1CC1)NCCC(=O)NC1CCCC1. The van der Waals surface area contributed by atoms with Crippen LogP contribution in [0, 0.1) is 5.92 Å². The average Bonchev–Trinajstić information content (AvgIpc) is 3.24. The van der Waals surface area contributed by atoms with Crippen molar-refractivity contribution in [3.63, 3.8) is 0 Å². The van der Waals surface area contributed by atoms with Crippen LogP contribution in [0.5, 0.6) is 0 Å². The Balaban J connectivity index is 1.44. The summed E-state index contributed by atoms with van der Waals surface area (Å²) in [5, 5.41) is 9.52. The van der Waals surface area contributed by atoms with E-state index in [1.165, 1.54) is 25.7 Å². The Hall–Kier alpha value is -1.30. The van der Waals surface area contributed by atoms with Crippen molar-refractivity contribution in [1.82, 2.24) is 16.0 Å². The fourth-order valence-electron chi connectivity index (χ4n) is 2.80. The molecule has 2 rings (SSSR count). The van der Waals surface area contributed by atoms with Crippen molar-refractivity contribution < 1.29 is 9.53 Å². The summed E-state index contributed by atoms with van der Waals surface area (Å²) in [6.45, 7) is 3.16. The molecule has 0 unspecified atom stereocenters. The molecule has 132 valence electrons. The van der Waals surface area contributed by atoms with E-state index in [0.29, 0.717) is 19.0 Å².